The van der Waals surface area contributed by atoms with E-state index < -0.39 is 0 Å². The van der Waals surface area contributed by atoms with E-state index in [1.165, 1.54) is 31.2 Å². The quantitative estimate of drug-likeness (QED) is 0.623. The number of nitrogens with zero attached hydrogens (tertiary/aromatic N) is 2. The number of ether oxygens (including phenoxy) is 1. The fraction of sp³-hybridized carbons (Fsp3) is 0.542. The van der Waals surface area contributed by atoms with Crippen LogP contribution < -0.4 is 10.1 Å². The maximum absolute atomic E-state index is 13.0. The van der Waals surface area contributed by atoms with Crippen LogP contribution >= 0.6 is 22.9 Å². The minimum absolute atomic E-state index is 0.00800. The zero-order valence-electron chi connectivity index (χ0n) is 18.7. The van der Waals surface area contributed by atoms with Crippen LogP contribution in [-0.2, 0) is 17.6 Å². The Hall–Kier alpha value is -2.12. The van der Waals surface area contributed by atoms with E-state index in [0.717, 1.165) is 29.6 Å². The minimum Gasteiger partial charge on any atom is -0.496 e. The molecule has 0 bridgehead atoms. The fourth-order valence-corrected chi connectivity index (χ4v) is 6.02. The van der Waals surface area contributed by atoms with Crippen molar-refractivity contribution in [3.05, 3.63) is 39.4 Å². The number of fused-ring (bicyclic) bond motifs is 1. The molecule has 6 nitrogen and oxygen atoms in total. The summed E-state index contributed by atoms with van der Waals surface area (Å²) in [6, 6.07) is 5.04. The monoisotopic (exact) mass is 475 g/mol. The molecule has 2 aromatic rings. The van der Waals surface area contributed by atoms with Gasteiger partial charge in [0.1, 0.15) is 5.75 Å². The van der Waals surface area contributed by atoms with Gasteiger partial charge in [0.05, 0.1) is 18.4 Å². The van der Waals surface area contributed by atoms with E-state index in [2.05, 4.69) is 17.2 Å². The molecular formula is C24H30ClN3O3S. The summed E-state index contributed by atoms with van der Waals surface area (Å²) in [5.41, 5.74) is 1.62. The molecule has 1 saturated heterocycles. The number of piperidine rings is 1. The van der Waals surface area contributed by atoms with Gasteiger partial charge in [0.25, 0.3) is 5.91 Å². The van der Waals surface area contributed by atoms with Gasteiger partial charge in [-0.3, -0.25) is 9.59 Å². The second-order valence-electron chi connectivity index (χ2n) is 8.69. The summed E-state index contributed by atoms with van der Waals surface area (Å²) in [5.74, 6) is 1.03. The van der Waals surface area contributed by atoms with Crippen molar-refractivity contribution in [3.63, 3.8) is 0 Å². The van der Waals surface area contributed by atoms with Crippen molar-refractivity contribution in [2.75, 3.05) is 25.5 Å². The van der Waals surface area contributed by atoms with Gasteiger partial charge in [0, 0.05) is 28.9 Å². The lowest BCUT2D eigenvalue weighted by atomic mass is 9.88. The molecule has 0 saturated carbocycles. The number of benzene rings is 1. The molecule has 8 heteroatoms. The van der Waals surface area contributed by atoms with Crippen molar-refractivity contribution >= 4 is 39.9 Å². The zero-order valence-corrected chi connectivity index (χ0v) is 20.2. The number of anilines is 1. The van der Waals surface area contributed by atoms with E-state index in [9.17, 15) is 9.59 Å². The Kier molecular flexibility index (Phi) is 7.36. The van der Waals surface area contributed by atoms with Gasteiger partial charge >= 0.3 is 0 Å². The molecule has 2 aliphatic rings. The molecule has 1 aliphatic carbocycles. The molecule has 172 valence electrons. The molecule has 1 aliphatic heterocycles. The van der Waals surface area contributed by atoms with E-state index in [4.69, 9.17) is 16.3 Å². The Morgan fingerprint density at radius 1 is 1.28 bits per heavy atom. The summed E-state index contributed by atoms with van der Waals surface area (Å²) in [7, 11) is 1.54. The predicted octanol–water partition coefficient (Wildman–Crippen LogP) is 5.20. The molecule has 1 atom stereocenters. The molecule has 2 heterocycles. The van der Waals surface area contributed by atoms with Gasteiger partial charge in [-0.2, -0.15) is 0 Å². The number of carbonyl (C=O) groups is 2. The Morgan fingerprint density at radius 2 is 2.06 bits per heavy atom. The van der Waals surface area contributed by atoms with Gasteiger partial charge in [0.2, 0.25) is 5.91 Å². The first kappa shape index (κ1) is 23.1. The number of hydrogen-bond acceptors (Lipinski definition) is 5. The topological polar surface area (TPSA) is 71.5 Å². The molecule has 1 unspecified atom stereocenters. The van der Waals surface area contributed by atoms with Gasteiger partial charge in [-0.05, 0) is 56.2 Å². The maximum atomic E-state index is 13.0. The van der Waals surface area contributed by atoms with Crippen LogP contribution in [-0.4, -0.2) is 41.9 Å². The fourth-order valence-electron chi connectivity index (χ4n) is 4.72. The summed E-state index contributed by atoms with van der Waals surface area (Å²) < 4.78 is 5.32. The van der Waals surface area contributed by atoms with Crippen LogP contribution in [0.25, 0.3) is 0 Å². The number of likely N-dealkylation sites (tertiary alicyclic amines) is 1. The number of aryl methyl sites for hydroxylation is 1. The SMILES string of the molecule is CCCC1CCc2nc(NC(=O)C3CCN(C(=O)c4cc(Cl)ccc4OC)CC3)sc2C1. The summed E-state index contributed by atoms with van der Waals surface area (Å²) in [6.45, 7) is 3.29. The minimum atomic E-state index is -0.117. The van der Waals surface area contributed by atoms with Crippen molar-refractivity contribution in [2.24, 2.45) is 11.8 Å². The number of thiazole rings is 1. The molecule has 0 spiro atoms. The summed E-state index contributed by atoms with van der Waals surface area (Å²) >= 11 is 7.71. The predicted molar refractivity (Wildman–Crippen MR) is 128 cm³/mol. The largest absolute Gasteiger partial charge is 0.496 e. The van der Waals surface area contributed by atoms with Crippen LogP contribution in [0, 0.1) is 11.8 Å². The van der Waals surface area contributed by atoms with Crippen LogP contribution in [0.1, 0.15) is 60.0 Å². The molecule has 2 amide bonds. The van der Waals surface area contributed by atoms with E-state index in [1.807, 2.05) is 0 Å². The lowest BCUT2D eigenvalue weighted by Gasteiger charge is -2.31. The number of halogens is 1. The van der Waals surface area contributed by atoms with Gasteiger partial charge < -0.3 is 15.0 Å². The first-order valence-electron chi connectivity index (χ1n) is 11.4. The smallest absolute Gasteiger partial charge is 0.257 e. The number of aromatic nitrogens is 1. The highest BCUT2D eigenvalue weighted by molar-refractivity contribution is 7.15. The third-order valence-electron chi connectivity index (χ3n) is 6.51. The second-order valence-corrected chi connectivity index (χ2v) is 10.2. The molecule has 1 aromatic carbocycles. The van der Waals surface area contributed by atoms with Crippen LogP contribution in [0.3, 0.4) is 0 Å². The summed E-state index contributed by atoms with van der Waals surface area (Å²) in [4.78, 5) is 33.6. The Bertz CT molecular complexity index is 985. The zero-order chi connectivity index (χ0) is 22.7. The average molecular weight is 476 g/mol. The normalized spacial score (nSPS) is 18.8. The van der Waals surface area contributed by atoms with Gasteiger partial charge in [-0.25, -0.2) is 4.98 Å². The highest BCUT2D eigenvalue weighted by Gasteiger charge is 2.30. The van der Waals surface area contributed by atoms with Crippen LogP contribution in [0.2, 0.25) is 5.02 Å². The van der Waals surface area contributed by atoms with Gasteiger partial charge in [-0.15, -0.1) is 11.3 Å². The average Bonchev–Trinajstić information content (AvgIpc) is 3.20. The van der Waals surface area contributed by atoms with Crippen LogP contribution in [0.5, 0.6) is 5.75 Å². The molecule has 4 rings (SSSR count). The molecular weight excluding hydrogens is 446 g/mol. The van der Waals surface area contributed by atoms with E-state index in [-0.39, 0.29) is 17.7 Å². The van der Waals surface area contributed by atoms with Gasteiger partial charge in [0.15, 0.2) is 5.13 Å². The Morgan fingerprint density at radius 3 is 2.78 bits per heavy atom. The van der Waals surface area contributed by atoms with Crippen molar-refractivity contribution in [2.45, 2.75) is 51.9 Å². The van der Waals surface area contributed by atoms with Crippen molar-refractivity contribution < 1.29 is 14.3 Å². The lowest BCUT2D eigenvalue weighted by molar-refractivity contribution is -0.121. The Labute approximate surface area is 198 Å². The third kappa shape index (κ3) is 5.09. The molecule has 0 radical (unpaired) electrons. The highest BCUT2D eigenvalue weighted by atomic mass is 35.5. The number of amides is 2. The lowest BCUT2D eigenvalue weighted by Crippen LogP contribution is -2.41. The molecule has 32 heavy (non-hydrogen) atoms. The highest BCUT2D eigenvalue weighted by Crippen LogP contribution is 2.34. The Balaban J connectivity index is 1.33. The number of methoxy groups -OCH3 is 1. The number of hydrogen-bond donors (Lipinski definition) is 1. The van der Waals surface area contributed by atoms with Crippen molar-refractivity contribution in [3.8, 4) is 5.75 Å². The number of carbonyl (C=O) groups excluding carboxylic acids is 2. The van der Waals surface area contributed by atoms with Crippen molar-refractivity contribution in [1.29, 1.82) is 0 Å². The summed E-state index contributed by atoms with van der Waals surface area (Å²) in [6.07, 6.45) is 7.03. The molecule has 1 N–H and O–H groups in total. The van der Waals surface area contributed by atoms with Crippen LogP contribution in [0.4, 0.5) is 5.13 Å². The number of rotatable bonds is 6. The first-order valence-corrected chi connectivity index (χ1v) is 12.6. The molecule has 1 fully saturated rings. The standard InChI is InChI=1S/C24H30ClN3O3S/c1-3-4-15-5-7-19-21(13-15)32-24(26-19)27-22(29)16-9-11-28(12-10-16)23(30)18-14-17(25)6-8-20(18)31-2/h6,8,14-16H,3-5,7,9-13H2,1-2H3,(H,26,27,29). The van der Waals surface area contributed by atoms with Crippen LogP contribution in [0.15, 0.2) is 18.2 Å². The van der Waals surface area contributed by atoms with Gasteiger partial charge in [-0.1, -0.05) is 31.4 Å². The van der Waals surface area contributed by atoms with E-state index in [0.29, 0.717) is 42.3 Å². The van der Waals surface area contributed by atoms with E-state index >= 15 is 0 Å². The summed E-state index contributed by atoms with van der Waals surface area (Å²) in [5, 5.41) is 4.26. The second kappa shape index (κ2) is 10.2. The van der Waals surface area contributed by atoms with E-state index in [1.54, 1.807) is 34.4 Å². The first-order chi connectivity index (χ1) is 15.5. The van der Waals surface area contributed by atoms with Crippen molar-refractivity contribution in [1.82, 2.24) is 9.88 Å². The number of nitrogens with one attached hydrogen (secondary N) is 1. The third-order valence-corrected chi connectivity index (χ3v) is 7.78. The maximum Gasteiger partial charge on any atom is 0.257 e. The molecule has 1 aromatic heterocycles.